The van der Waals surface area contributed by atoms with Gasteiger partial charge in [0.15, 0.2) is 4.77 Å². The van der Waals surface area contributed by atoms with Crippen molar-refractivity contribution in [3.8, 4) is 0 Å². The molecule has 5 nitrogen and oxygen atoms in total. The Morgan fingerprint density at radius 2 is 1.29 bits per heavy atom. The van der Waals surface area contributed by atoms with Crippen LogP contribution in [0.3, 0.4) is 0 Å². The molecule has 0 amide bonds. The zero-order chi connectivity index (χ0) is 28.8. The first-order valence-corrected chi connectivity index (χ1v) is 14.6. The van der Waals surface area contributed by atoms with Crippen LogP contribution < -0.4 is 0 Å². The molecule has 0 aliphatic carbocycles. The molecule has 6 aromatic rings. The van der Waals surface area contributed by atoms with E-state index in [1.54, 1.807) is 0 Å². The highest BCUT2D eigenvalue weighted by molar-refractivity contribution is 7.71. The molecule has 0 spiro atoms. The van der Waals surface area contributed by atoms with Crippen molar-refractivity contribution < 1.29 is 4.39 Å². The summed E-state index contributed by atoms with van der Waals surface area (Å²) in [7, 11) is 0. The van der Waals surface area contributed by atoms with Crippen LogP contribution in [0.15, 0.2) is 128 Å². The lowest BCUT2D eigenvalue weighted by Gasteiger charge is -2.37. The first-order valence-electron chi connectivity index (χ1n) is 14.2. The number of hydrogen-bond acceptors (Lipinski definition) is 3. The van der Waals surface area contributed by atoms with Crippen LogP contribution in [0.1, 0.15) is 40.2 Å². The third kappa shape index (κ3) is 5.60. The molecule has 1 N–H and O–H groups in total. The minimum absolute atomic E-state index is 0.225. The summed E-state index contributed by atoms with van der Waals surface area (Å²) in [5, 5.41) is 7.41. The first kappa shape index (κ1) is 27.5. The second-order valence-corrected chi connectivity index (χ2v) is 10.8. The smallest absolute Gasteiger partial charge is 0.195 e. The predicted octanol–water partition coefficient (Wildman–Crippen LogP) is 7.53. The van der Waals surface area contributed by atoms with Crippen LogP contribution in [0.4, 0.5) is 4.39 Å². The molecule has 0 radical (unpaired) electrons. The van der Waals surface area contributed by atoms with Crippen LogP contribution in [0.25, 0.3) is 0 Å². The number of nitrogens with zero attached hydrogens (tertiary/aromatic N) is 4. The Hall–Kier alpha value is -4.62. The van der Waals surface area contributed by atoms with Crippen LogP contribution in [0, 0.1) is 10.6 Å². The third-order valence-corrected chi connectivity index (χ3v) is 8.11. The maximum atomic E-state index is 13.3. The van der Waals surface area contributed by atoms with Crippen molar-refractivity contribution in [2.24, 2.45) is 0 Å². The zero-order valence-electron chi connectivity index (χ0n) is 23.2. The van der Waals surface area contributed by atoms with Gasteiger partial charge < -0.3 is 9.13 Å². The highest BCUT2D eigenvalue weighted by Gasteiger charge is 2.38. The van der Waals surface area contributed by atoms with E-state index in [9.17, 15) is 4.39 Å². The summed E-state index contributed by atoms with van der Waals surface area (Å²) in [6.45, 7) is 0.738. The van der Waals surface area contributed by atoms with Crippen molar-refractivity contribution in [1.82, 2.24) is 24.3 Å². The SMILES string of the molecule is Fc1ccc(CCc2n[nH]c(=S)n2CCCc2cn(C(c3ccccc3)(c3ccccc3)c3ccccc3)cn2)cc1. The van der Waals surface area contributed by atoms with Gasteiger partial charge in [-0.25, -0.2) is 9.37 Å². The van der Waals surface area contributed by atoms with Crippen LogP contribution in [0.2, 0.25) is 0 Å². The molecule has 0 saturated heterocycles. The summed E-state index contributed by atoms with van der Waals surface area (Å²) in [5.41, 5.74) is 5.02. The van der Waals surface area contributed by atoms with Gasteiger partial charge in [0.05, 0.1) is 12.0 Å². The van der Waals surface area contributed by atoms with Crippen molar-refractivity contribution in [1.29, 1.82) is 0 Å². The number of aryl methyl sites for hydroxylation is 3. The normalized spacial score (nSPS) is 11.5. The fourth-order valence-corrected chi connectivity index (χ4v) is 6.00. The van der Waals surface area contributed by atoms with Gasteiger partial charge in [0, 0.05) is 19.2 Å². The Bertz CT molecular complexity index is 1680. The van der Waals surface area contributed by atoms with Crippen molar-refractivity contribution in [3.63, 3.8) is 0 Å². The van der Waals surface area contributed by atoms with Gasteiger partial charge in [-0.1, -0.05) is 103 Å². The molecule has 0 saturated carbocycles. The topological polar surface area (TPSA) is 51.4 Å². The molecule has 2 aromatic heterocycles. The average molecular weight is 574 g/mol. The van der Waals surface area contributed by atoms with Gasteiger partial charge in [-0.15, -0.1) is 0 Å². The number of halogens is 1. The number of hydrogen-bond donors (Lipinski definition) is 1. The molecular formula is C35H32FN5S. The number of imidazole rings is 1. The van der Waals surface area contributed by atoms with Crippen molar-refractivity contribution in [3.05, 3.63) is 172 Å². The molecule has 0 atom stereocenters. The Kier molecular flexibility index (Phi) is 8.19. The third-order valence-electron chi connectivity index (χ3n) is 7.80. The van der Waals surface area contributed by atoms with E-state index in [0.717, 1.165) is 49.3 Å². The number of nitrogens with one attached hydrogen (secondary N) is 1. The van der Waals surface area contributed by atoms with Gasteiger partial charge in [0.25, 0.3) is 0 Å². The summed E-state index contributed by atoms with van der Waals surface area (Å²) in [5.74, 6) is 0.684. The predicted molar refractivity (Wildman–Crippen MR) is 166 cm³/mol. The van der Waals surface area contributed by atoms with E-state index < -0.39 is 5.54 Å². The molecule has 7 heteroatoms. The molecule has 0 unspecified atom stereocenters. The average Bonchev–Trinajstić information content (AvgIpc) is 3.65. The summed E-state index contributed by atoms with van der Waals surface area (Å²) in [6, 6.07) is 38.5. The monoisotopic (exact) mass is 573 g/mol. The number of aromatic amines is 1. The van der Waals surface area contributed by atoms with E-state index in [1.165, 1.54) is 28.8 Å². The van der Waals surface area contributed by atoms with Crippen LogP contribution in [-0.4, -0.2) is 24.3 Å². The summed E-state index contributed by atoms with van der Waals surface area (Å²) in [6.07, 6.45) is 7.29. The molecular weight excluding hydrogens is 541 g/mol. The van der Waals surface area contributed by atoms with E-state index in [2.05, 4.69) is 117 Å². The molecule has 6 rings (SSSR count). The molecule has 210 valence electrons. The van der Waals surface area contributed by atoms with Gasteiger partial charge in [-0.3, -0.25) is 5.10 Å². The van der Waals surface area contributed by atoms with Crippen LogP contribution in [-0.2, 0) is 31.3 Å². The van der Waals surface area contributed by atoms with Gasteiger partial charge in [0.2, 0.25) is 0 Å². The number of rotatable bonds is 11. The van der Waals surface area contributed by atoms with Crippen molar-refractivity contribution >= 4 is 12.2 Å². The van der Waals surface area contributed by atoms with Gasteiger partial charge in [-0.2, -0.15) is 5.10 Å². The molecule has 42 heavy (non-hydrogen) atoms. The van der Waals surface area contributed by atoms with Crippen molar-refractivity contribution in [2.75, 3.05) is 0 Å². The molecule has 2 heterocycles. The van der Waals surface area contributed by atoms with E-state index >= 15 is 0 Å². The Balaban J connectivity index is 1.25. The molecule has 0 aliphatic rings. The van der Waals surface area contributed by atoms with Crippen molar-refractivity contribution in [2.45, 2.75) is 37.8 Å². The summed E-state index contributed by atoms with van der Waals surface area (Å²) in [4.78, 5) is 4.88. The van der Waals surface area contributed by atoms with E-state index in [0.29, 0.717) is 4.77 Å². The zero-order valence-corrected chi connectivity index (χ0v) is 24.1. The van der Waals surface area contributed by atoms with Gasteiger partial charge >= 0.3 is 0 Å². The first-order chi connectivity index (χ1) is 20.6. The fraction of sp³-hybridized carbons (Fsp3) is 0.171. The quantitative estimate of drug-likeness (QED) is 0.129. The number of H-pyrrole nitrogens is 1. The van der Waals surface area contributed by atoms with Crippen LogP contribution >= 0.6 is 12.2 Å². The second-order valence-electron chi connectivity index (χ2n) is 10.4. The van der Waals surface area contributed by atoms with E-state index in [4.69, 9.17) is 17.2 Å². The van der Waals surface area contributed by atoms with E-state index in [-0.39, 0.29) is 5.82 Å². The molecule has 0 aliphatic heterocycles. The minimum Gasteiger partial charge on any atom is -0.319 e. The molecule has 0 bridgehead atoms. The number of benzene rings is 4. The second kappa shape index (κ2) is 12.5. The number of aromatic nitrogens is 5. The summed E-state index contributed by atoms with van der Waals surface area (Å²) < 4.78 is 18.2. The minimum atomic E-state index is -0.574. The molecule has 4 aromatic carbocycles. The standard InChI is InChI=1S/C35H32FN5S/c36-31-21-18-27(19-22-31)20-23-33-38-39-34(42)41(33)24-10-17-32-25-40(26-37-32)35(28-11-4-1-5-12-28,29-13-6-2-7-14-29)30-15-8-3-9-16-30/h1-9,11-16,18-19,21-22,25-26H,10,17,20,23-24H2,(H,39,42). The lowest BCUT2D eigenvalue weighted by atomic mass is 9.77. The Labute approximate surface area is 250 Å². The maximum Gasteiger partial charge on any atom is 0.195 e. The lowest BCUT2D eigenvalue weighted by molar-refractivity contribution is 0.514. The maximum absolute atomic E-state index is 13.3. The highest BCUT2D eigenvalue weighted by Crippen LogP contribution is 2.40. The fourth-order valence-electron chi connectivity index (χ4n) is 5.76. The van der Waals surface area contributed by atoms with Gasteiger partial charge in [0.1, 0.15) is 17.2 Å². The highest BCUT2D eigenvalue weighted by atomic mass is 32.1. The largest absolute Gasteiger partial charge is 0.319 e. The lowest BCUT2D eigenvalue weighted by Crippen LogP contribution is -2.36. The molecule has 0 fully saturated rings. The van der Waals surface area contributed by atoms with Crippen LogP contribution in [0.5, 0.6) is 0 Å². The van der Waals surface area contributed by atoms with E-state index in [1.807, 2.05) is 18.5 Å². The summed E-state index contributed by atoms with van der Waals surface area (Å²) >= 11 is 5.54. The van der Waals surface area contributed by atoms with Gasteiger partial charge in [-0.05, 0) is 65.9 Å². The Morgan fingerprint density at radius 1 is 0.714 bits per heavy atom. The Morgan fingerprint density at radius 3 is 1.86 bits per heavy atom.